The number of carbonyl (C=O) groups excluding carboxylic acids is 1. The smallest absolute Gasteiger partial charge is 0.220 e. The molecule has 90 valence electrons. The molecule has 0 unspecified atom stereocenters. The zero-order chi connectivity index (χ0) is 11.9. The highest BCUT2D eigenvalue weighted by Crippen LogP contribution is 2.14. The molecule has 0 aromatic rings. The van der Waals surface area contributed by atoms with Crippen LogP contribution in [0.25, 0.3) is 0 Å². The molecule has 0 heterocycles. The van der Waals surface area contributed by atoms with Crippen molar-refractivity contribution < 1.29 is 9.90 Å². The molecule has 0 aliphatic carbocycles. The van der Waals surface area contributed by atoms with Crippen molar-refractivity contribution in [3.05, 3.63) is 0 Å². The summed E-state index contributed by atoms with van der Waals surface area (Å²) >= 11 is 0. The van der Waals surface area contributed by atoms with Crippen LogP contribution in [-0.2, 0) is 4.79 Å². The molecule has 15 heavy (non-hydrogen) atoms. The Kier molecular flexibility index (Phi) is 6.52. The Balaban J connectivity index is 3.77. The van der Waals surface area contributed by atoms with Gasteiger partial charge in [0, 0.05) is 26.1 Å². The molecule has 0 aromatic carbocycles. The lowest BCUT2D eigenvalue weighted by Crippen LogP contribution is -2.39. The summed E-state index contributed by atoms with van der Waals surface area (Å²) < 4.78 is 0. The Bertz CT molecular complexity index is 191. The van der Waals surface area contributed by atoms with Crippen molar-refractivity contribution in [3.63, 3.8) is 0 Å². The number of amides is 1. The first-order valence-corrected chi connectivity index (χ1v) is 5.40. The quantitative estimate of drug-likeness (QED) is 0.650. The van der Waals surface area contributed by atoms with Crippen LogP contribution in [0.1, 0.15) is 26.7 Å². The third-order valence-corrected chi connectivity index (χ3v) is 2.07. The summed E-state index contributed by atoms with van der Waals surface area (Å²) in [5.41, 5.74) is 0.0817. The van der Waals surface area contributed by atoms with Gasteiger partial charge in [0.1, 0.15) is 0 Å². The molecule has 0 rings (SSSR count). The largest absolute Gasteiger partial charge is 0.396 e. The SMILES string of the molecule is CN(C)CC(C)(C)CNC(=O)CCCO. The summed E-state index contributed by atoms with van der Waals surface area (Å²) in [6, 6.07) is 0. The van der Waals surface area contributed by atoms with Crippen LogP contribution >= 0.6 is 0 Å². The van der Waals surface area contributed by atoms with Gasteiger partial charge in [-0.1, -0.05) is 13.8 Å². The molecule has 0 aliphatic heterocycles. The number of aliphatic hydroxyl groups excluding tert-OH is 1. The Labute approximate surface area is 92.7 Å². The van der Waals surface area contributed by atoms with E-state index in [9.17, 15) is 4.79 Å². The number of aliphatic hydroxyl groups is 1. The topological polar surface area (TPSA) is 52.6 Å². The molecule has 4 heteroatoms. The second kappa shape index (κ2) is 6.80. The lowest BCUT2D eigenvalue weighted by atomic mass is 9.93. The molecule has 1 amide bonds. The molecule has 4 nitrogen and oxygen atoms in total. The molecule has 0 aliphatic rings. The molecule has 0 bridgehead atoms. The minimum absolute atomic E-state index is 0.0240. The average Bonchev–Trinajstić information content (AvgIpc) is 2.09. The van der Waals surface area contributed by atoms with Gasteiger partial charge in [0.05, 0.1) is 0 Å². The zero-order valence-electron chi connectivity index (χ0n) is 10.3. The number of hydrogen-bond donors (Lipinski definition) is 2. The highest BCUT2D eigenvalue weighted by atomic mass is 16.3. The maximum atomic E-state index is 11.3. The van der Waals surface area contributed by atoms with E-state index < -0.39 is 0 Å². The van der Waals surface area contributed by atoms with Gasteiger partial charge in [0.15, 0.2) is 0 Å². The van der Waals surface area contributed by atoms with E-state index in [0.29, 0.717) is 19.4 Å². The number of hydrogen-bond acceptors (Lipinski definition) is 3. The van der Waals surface area contributed by atoms with E-state index in [1.54, 1.807) is 0 Å². The van der Waals surface area contributed by atoms with Gasteiger partial charge < -0.3 is 15.3 Å². The highest BCUT2D eigenvalue weighted by Gasteiger charge is 2.19. The Morgan fingerprint density at radius 3 is 2.47 bits per heavy atom. The van der Waals surface area contributed by atoms with Crippen LogP contribution in [0.3, 0.4) is 0 Å². The lowest BCUT2D eigenvalue weighted by Gasteiger charge is -2.28. The molecule has 2 N–H and O–H groups in total. The fraction of sp³-hybridized carbons (Fsp3) is 0.909. The standard InChI is InChI=1S/C11H24N2O2/c1-11(2,9-13(3)4)8-12-10(15)6-5-7-14/h14H,5-9H2,1-4H3,(H,12,15). The molecular weight excluding hydrogens is 192 g/mol. The van der Waals surface area contributed by atoms with Crippen LogP contribution in [-0.4, -0.2) is 49.7 Å². The summed E-state index contributed by atoms with van der Waals surface area (Å²) in [4.78, 5) is 13.4. The predicted octanol–water partition coefficient (Wildman–Crippen LogP) is 0.463. The highest BCUT2D eigenvalue weighted by molar-refractivity contribution is 5.75. The van der Waals surface area contributed by atoms with Crippen molar-refractivity contribution in [2.24, 2.45) is 5.41 Å². The predicted molar refractivity (Wildman–Crippen MR) is 61.7 cm³/mol. The Morgan fingerprint density at radius 2 is 2.00 bits per heavy atom. The maximum Gasteiger partial charge on any atom is 0.220 e. The van der Waals surface area contributed by atoms with E-state index >= 15 is 0 Å². The van der Waals surface area contributed by atoms with Gasteiger partial charge in [-0.15, -0.1) is 0 Å². The normalized spacial score (nSPS) is 11.9. The summed E-state index contributed by atoms with van der Waals surface area (Å²) in [6.45, 7) is 5.94. The van der Waals surface area contributed by atoms with E-state index in [2.05, 4.69) is 24.1 Å². The summed E-state index contributed by atoms with van der Waals surface area (Å²) in [5.74, 6) is 0.0240. The van der Waals surface area contributed by atoms with Crippen molar-refractivity contribution in [1.82, 2.24) is 10.2 Å². The fourth-order valence-electron chi connectivity index (χ4n) is 1.58. The van der Waals surface area contributed by atoms with Gasteiger partial charge >= 0.3 is 0 Å². The molecule has 0 atom stereocenters. The van der Waals surface area contributed by atoms with Crippen LogP contribution in [0.4, 0.5) is 0 Å². The molecule has 0 spiro atoms. The molecule has 0 saturated carbocycles. The van der Waals surface area contributed by atoms with Crippen LogP contribution in [0.15, 0.2) is 0 Å². The van der Waals surface area contributed by atoms with Gasteiger partial charge in [-0.3, -0.25) is 4.79 Å². The van der Waals surface area contributed by atoms with Crippen LogP contribution in [0.5, 0.6) is 0 Å². The first-order valence-electron chi connectivity index (χ1n) is 5.40. The van der Waals surface area contributed by atoms with Gasteiger partial charge in [0.25, 0.3) is 0 Å². The van der Waals surface area contributed by atoms with Gasteiger partial charge in [-0.2, -0.15) is 0 Å². The van der Waals surface area contributed by atoms with Crippen molar-refractivity contribution >= 4 is 5.91 Å². The first kappa shape index (κ1) is 14.4. The minimum atomic E-state index is 0.0240. The van der Waals surface area contributed by atoms with Crippen molar-refractivity contribution in [2.45, 2.75) is 26.7 Å². The van der Waals surface area contributed by atoms with E-state index in [0.717, 1.165) is 6.54 Å². The van der Waals surface area contributed by atoms with Crippen LogP contribution in [0.2, 0.25) is 0 Å². The van der Waals surface area contributed by atoms with Gasteiger partial charge in [-0.25, -0.2) is 0 Å². The molecule has 0 aromatic heterocycles. The Hall–Kier alpha value is -0.610. The number of rotatable bonds is 7. The van der Waals surface area contributed by atoms with E-state index in [-0.39, 0.29) is 17.9 Å². The average molecular weight is 216 g/mol. The van der Waals surface area contributed by atoms with E-state index in [1.165, 1.54) is 0 Å². The van der Waals surface area contributed by atoms with Gasteiger partial charge in [-0.05, 0) is 25.9 Å². The summed E-state index contributed by atoms with van der Waals surface area (Å²) in [5, 5.41) is 11.5. The molecule has 0 saturated heterocycles. The summed E-state index contributed by atoms with van der Waals surface area (Å²) in [7, 11) is 4.05. The number of carbonyl (C=O) groups is 1. The van der Waals surface area contributed by atoms with E-state index in [1.807, 2.05) is 14.1 Å². The second-order valence-corrected chi connectivity index (χ2v) is 5.01. The maximum absolute atomic E-state index is 11.3. The third kappa shape index (κ3) is 8.39. The minimum Gasteiger partial charge on any atom is -0.396 e. The van der Waals surface area contributed by atoms with E-state index in [4.69, 9.17) is 5.11 Å². The van der Waals surface area contributed by atoms with Crippen molar-refractivity contribution in [3.8, 4) is 0 Å². The molecule has 0 radical (unpaired) electrons. The van der Waals surface area contributed by atoms with Crippen LogP contribution < -0.4 is 5.32 Å². The summed E-state index contributed by atoms with van der Waals surface area (Å²) in [6.07, 6.45) is 0.953. The molecule has 0 fully saturated rings. The number of nitrogens with one attached hydrogen (secondary N) is 1. The fourth-order valence-corrected chi connectivity index (χ4v) is 1.58. The Morgan fingerprint density at radius 1 is 1.40 bits per heavy atom. The molecular formula is C11H24N2O2. The van der Waals surface area contributed by atoms with Crippen LogP contribution in [0, 0.1) is 5.41 Å². The van der Waals surface area contributed by atoms with Gasteiger partial charge in [0.2, 0.25) is 5.91 Å². The van der Waals surface area contributed by atoms with Crippen molar-refractivity contribution in [2.75, 3.05) is 33.8 Å². The van der Waals surface area contributed by atoms with Crippen molar-refractivity contribution in [1.29, 1.82) is 0 Å². The third-order valence-electron chi connectivity index (χ3n) is 2.07. The lowest BCUT2D eigenvalue weighted by molar-refractivity contribution is -0.121. The first-order chi connectivity index (χ1) is 6.87. The number of nitrogens with zero attached hydrogens (tertiary/aromatic N) is 1. The monoisotopic (exact) mass is 216 g/mol. The zero-order valence-corrected chi connectivity index (χ0v) is 10.3. The second-order valence-electron chi connectivity index (χ2n) is 5.01.